The molecule has 1 aromatic rings. The van der Waals surface area contributed by atoms with Crippen molar-refractivity contribution in [1.82, 2.24) is 8.61 Å². The molecule has 28 heavy (non-hydrogen) atoms. The van der Waals surface area contributed by atoms with E-state index < -0.39 is 26.0 Å². The van der Waals surface area contributed by atoms with Crippen LogP contribution in [0.2, 0.25) is 5.02 Å². The highest BCUT2D eigenvalue weighted by atomic mass is 35.5. The van der Waals surface area contributed by atoms with Crippen molar-refractivity contribution in [3.63, 3.8) is 0 Å². The van der Waals surface area contributed by atoms with Gasteiger partial charge in [0.05, 0.1) is 27.8 Å². The topological polar surface area (TPSA) is 104 Å². The number of anilines is 1. The Bertz CT molecular complexity index is 930. The van der Waals surface area contributed by atoms with Crippen molar-refractivity contribution in [3.8, 4) is 0 Å². The summed E-state index contributed by atoms with van der Waals surface area (Å²) in [6, 6.07) is 4.17. The number of carbonyl (C=O) groups excluding carboxylic acids is 1. The predicted octanol–water partition coefficient (Wildman–Crippen LogP) is 1.98. The summed E-state index contributed by atoms with van der Waals surface area (Å²) in [4.78, 5) is 12.7. The molecule has 11 heteroatoms. The number of benzene rings is 1. The minimum atomic E-state index is -3.69. The highest BCUT2D eigenvalue weighted by Gasteiger charge is 2.31. The van der Waals surface area contributed by atoms with Crippen molar-refractivity contribution >= 4 is 43.2 Å². The van der Waals surface area contributed by atoms with E-state index in [2.05, 4.69) is 5.32 Å². The lowest BCUT2D eigenvalue weighted by molar-refractivity contribution is -0.120. The van der Waals surface area contributed by atoms with Crippen LogP contribution in [0.1, 0.15) is 26.7 Å². The highest BCUT2D eigenvalue weighted by Crippen LogP contribution is 2.28. The van der Waals surface area contributed by atoms with Crippen molar-refractivity contribution < 1.29 is 21.6 Å². The minimum absolute atomic E-state index is 0.0392. The molecule has 1 saturated heterocycles. The van der Waals surface area contributed by atoms with Gasteiger partial charge in [0.15, 0.2) is 0 Å². The monoisotopic (exact) mass is 451 g/mol. The number of nitrogens with zero attached hydrogens (tertiary/aromatic N) is 2. The molecule has 1 N–H and O–H groups in total. The molecule has 8 nitrogen and oxygen atoms in total. The lowest BCUT2D eigenvalue weighted by Gasteiger charge is -2.30. The summed E-state index contributed by atoms with van der Waals surface area (Å²) in [6.07, 6.45) is 2.24. The van der Waals surface area contributed by atoms with Gasteiger partial charge >= 0.3 is 0 Å². The summed E-state index contributed by atoms with van der Waals surface area (Å²) in [7, 11) is -7.07. The van der Waals surface area contributed by atoms with Crippen LogP contribution in [0.15, 0.2) is 23.1 Å². The first-order valence-corrected chi connectivity index (χ1v) is 12.7. The Morgan fingerprint density at radius 1 is 1.25 bits per heavy atom. The van der Waals surface area contributed by atoms with Crippen LogP contribution in [0.5, 0.6) is 0 Å². The molecule has 1 aliphatic heterocycles. The van der Waals surface area contributed by atoms with Gasteiger partial charge in [0.2, 0.25) is 26.0 Å². The maximum atomic E-state index is 12.7. The zero-order valence-corrected chi connectivity index (χ0v) is 18.6. The van der Waals surface area contributed by atoms with E-state index >= 15 is 0 Å². The number of amides is 1. The molecule has 0 saturated carbocycles. The number of hydrogen-bond donors (Lipinski definition) is 1. The molecule has 0 aromatic heterocycles. The molecule has 1 amide bonds. The Morgan fingerprint density at radius 3 is 2.46 bits per heavy atom. The van der Waals surface area contributed by atoms with Gasteiger partial charge in [-0.3, -0.25) is 4.79 Å². The molecule has 0 radical (unpaired) electrons. The van der Waals surface area contributed by atoms with E-state index in [1.807, 2.05) is 0 Å². The zero-order chi connectivity index (χ0) is 21.1. The molecule has 1 aromatic carbocycles. The smallest absolute Gasteiger partial charge is 0.243 e. The third-order valence-corrected chi connectivity index (χ3v) is 8.41. The molecular formula is C17H26ClN3O5S2. The maximum Gasteiger partial charge on any atom is 0.243 e. The van der Waals surface area contributed by atoms with Crippen LogP contribution in [0.25, 0.3) is 0 Å². The summed E-state index contributed by atoms with van der Waals surface area (Å²) in [5.41, 5.74) is 0.191. The molecule has 158 valence electrons. The summed E-state index contributed by atoms with van der Waals surface area (Å²) < 4.78 is 51.5. The second-order valence-electron chi connectivity index (χ2n) is 6.68. The standard InChI is InChI=1S/C17H26ClN3O5S2/c1-4-20(5-2)28(25,26)14-8-9-15(18)16(11-14)19-17(22)13-7-6-10-21(12-13)27(3,23)24/h8-9,11,13H,4-7,10,12H2,1-3H3,(H,19,22). The van der Waals surface area contributed by atoms with E-state index in [0.29, 0.717) is 32.5 Å². The van der Waals surface area contributed by atoms with Crippen LogP contribution in [0.3, 0.4) is 0 Å². The van der Waals surface area contributed by atoms with Crippen LogP contribution >= 0.6 is 11.6 Å². The van der Waals surface area contributed by atoms with Gasteiger partial charge in [0.1, 0.15) is 0 Å². The summed E-state index contributed by atoms with van der Waals surface area (Å²) in [5.74, 6) is -0.907. The number of piperidine rings is 1. The average molecular weight is 452 g/mol. The lowest BCUT2D eigenvalue weighted by atomic mass is 9.99. The van der Waals surface area contributed by atoms with E-state index in [0.717, 1.165) is 6.26 Å². The van der Waals surface area contributed by atoms with E-state index in [9.17, 15) is 21.6 Å². The average Bonchev–Trinajstić information content (AvgIpc) is 2.63. The molecule has 1 fully saturated rings. The number of hydrogen-bond acceptors (Lipinski definition) is 5. The Hall–Kier alpha value is -1.20. The van der Waals surface area contributed by atoms with Gasteiger partial charge in [-0.2, -0.15) is 4.31 Å². The fraction of sp³-hybridized carbons (Fsp3) is 0.588. The number of sulfonamides is 2. The van der Waals surface area contributed by atoms with Gasteiger partial charge < -0.3 is 5.32 Å². The largest absolute Gasteiger partial charge is 0.324 e. The molecule has 1 atom stereocenters. The predicted molar refractivity (Wildman–Crippen MR) is 109 cm³/mol. The van der Waals surface area contributed by atoms with Gasteiger partial charge in [0.25, 0.3) is 0 Å². The molecule has 0 spiro atoms. The van der Waals surface area contributed by atoms with Crippen molar-refractivity contribution in [2.75, 3.05) is 37.8 Å². The molecular weight excluding hydrogens is 426 g/mol. The van der Waals surface area contributed by atoms with Crippen LogP contribution in [-0.4, -0.2) is 63.8 Å². The van der Waals surface area contributed by atoms with Gasteiger partial charge in [-0.25, -0.2) is 21.1 Å². The molecule has 0 bridgehead atoms. The van der Waals surface area contributed by atoms with E-state index in [-0.39, 0.29) is 28.1 Å². The third-order valence-electron chi connectivity index (χ3n) is 4.76. The number of rotatable bonds is 7. The molecule has 0 aliphatic carbocycles. The molecule has 1 heterocycles. The van der Waals surface area contributed by atoms with Crippen LogP contribution < -0.4 is 5.32 Å². The fourth-order valence-electron chi connectivity index (χ4n) is 3.17. The summed E-state index contributed by atoms with van der Waals surface area (Å²) in [5, 5.41) is 2.87. The fourth-order valence-corrected chi connectivity index (χ4v) is 5.73. The third kappa shape index (κ3) is 5.24. The van der Waals surface area contributed by atoms with Gasteiger partial charge in [-0.1, -0.05) is 25.4 Å². The van der Waals surface area contributed by atoms with Crippen LogP contribution in [-0.2, 0) is 24.8 Å². The van der Waals surface area contributed by atoms with E-state index in [1.54, 1.807) is 13.8 Å². The van der Waals surface area contributed by atoms with E-state index in [1.165, 1.54) is 26.8 Å². The first-order chi connectivity index (χ1) is 13.0. The lowest BCUT2D eigenvalue weighted by Crippen LogP contribution is -2.43. The van der Waals surface area contributed by atoms with Crippen LogP contribution in [0, 0.1) is 5.92 Å². The van der Waals surface area contributed by atoms with E-state index in [4.69, 9.17) is 11.6 Å². The second kappa shape index (κ2) is 9.08. The first kappa shape index (κ1) is 23.1. The Morgan fingerprint density at radius 2 is 1.89 bits per heavy atom. The van der Waals surface area contributed by atoms with Gasteiger partial charge in [0, 0.05) is 26.2 Å². The highest BCUT2D eigenvalue weighted by molar-refractivity contribution is 7.89. The maximum absolute atomic E-state index is 12.7. The Balaban J connectivity index is 2.23. The van der Waals surface area contributed by atoms with Crippen molar-refractivity contribution in [3.05, 3.63) is 23.2 Å². The van der Waals surface area contributed by atoms with Gasteiger partial charge in [-0.15, -0.1) is 0 Å². The van der Waals surface area contributed by atoms with Gasteiger partial charge in [-0.05, 0) is 31.0 Å². The van der Waals surface area contributed by atoms with Crippen molar-refractivity contribution in [2.24, 2.45) is 5.92 Å². The summed E-state index contributed by atoms with van der Waals surface area (Å²) in [6.45, 7) is 4.63. The Labute approximate surface area is 171 Å². The first-order valence-electron chi connectivity index (χ1n) is 9.06. The number of halogens is 1. The van der Waals surface area contributed by atoms with Crippen molar-refractivity contribution in [2.45, 2.75) is 31.6 Å². The minimum Gasteiger partial charge on any atom is -0.324 e. The zero-order valence-electron chi connectivity index (χ0n) is 16.2. The number of nitrogens with one attached hydrogen (secondary N) is 1. The SMILES string of the molecule is CCN(CC)S(=O)(=O)c1ccc(Cl)c(NC(=O)C2CCCN(S(C)(=O)=O)C2)c1. The normalized spacial score (nSPS) is 19.0. The molecule has 2 rings (SSSR count). The summed E-state index contributed by atoms with van der Waals surface area (Å²) >= 11 is 6.15. The quantitative estimate of drug-likeness (QED) is 0.682. The molecule has 1 aliphatic rings. The Kier molecular flexibility index (Phi) is 7.49. The second-order valence-corrected chi connectivity index (χ2v) is 11.0. The molecule has 1 unspecified atom stereocenters. The van der Waals surface area contributed by atoms with Crippen LogP contribution in [0.4, 0.5) is 5.69 Å². The number of carbonyl (C=O) groups is 1. The van der Waals surface area contributed by atoms with Crippen molar-refractivity contribution in [1.29, 1.82) is 0 Å².